The minimum Gasteiger partial charge on any atom is -0.397 e. The SMILES string of the molecule is CC(C)CCn1cc(NC(=O)c2cc(N)cn2C)cc1C(=O)Nc1cc(C(=O)NCCCN(C)C)n(C)c1. The van der Waals surface area contributed by atoms with Crippen LogP contribution in [-0.2, 0) is 20.6 Å². The quantitative estimate of drug-likeness (QED) is 0.271. The Morgan fingerprint density at radius 3 is 2.05 bits per heavy atom. The van der Waals surface area contributed by atoms with Gasteiger partial charge in [0.25, 0.3) is 17.7 Å². The highest BCUT2D eigenvalue weighted by atomic mass is 16.2. The van der Waals surface area contributed by atoms with Gasteiger partial charge in [-0.1, -0.05) is 13.8 Å². The van der Waals surface area contributed by atoms with E-state index >= 15 is 0 Å². The maximum atomic E-state index is 13.3. The van der Waals surface area contributed by atoms with E-state index in [2.05, 4.69) is 34.7 Å². The molecule has 11 heteroatoms. The molecule has 0 aliphatic carbocycles. The van der Waals surface area contributed by atoms with Crippen LogP contribution in [-0.4, -0.2) is 63.5 Å². The molecule has 0 saturated carbocycles. The lowest BCUT2D eigenvalue weighted by molar-refractivity contribution is 0.0942. The van der Waals surface area contributed by atoms with Gasteiger partial charge in [0.15, 0.2) is 0 Å². The molecule has 38 heavy (non-hydrogen) atoms. The van der Waals surface area contributed by atoms with Crippen LogP contribution in [0.1, 0.15) is 58.2 Å². The molecule has 0 bridgehead atoms. The van der Waals surface area contributed by atoms with E-state index in [0.29, 0.717) is 53.2 Å². The van der Waals surface area contributed by atoms with Gasteiger partial charge in [0.2, 0.25) is 0 Å². The molecule has 0 unspecified atom stereocenters. The zero-order valence-corrected chi connectivity index (χ0v) is 23.2. The second-order valence-corrected chi connectivity index (χ2v) is 10.3. The number of rotatable bonds is 12. The molecule has 11 nitrogen and oxygen atoms in total. The van der Waals surface area contributed by atoms with Gasteiger partial charge in [-0.25, -0.2) is 0 Å². The van der Waals surface area contributed by atoms with Crippen molar-refractivity contribution < 1.29 is 14.4 Å². The van der Waals surface area contributed by atoms with Gasteiger partial charge >= 0.3 is 0 Å². The molecule has 0 fully saturated rings. The van der Waals surface area contributed by atoms with E-state index in [1.807, 2.05) is 18.7 Å². The molecule has 3 amide bonds. The lowest BCUT2D eigenvalue weighted by atomic mass is 10.1. The summed E-state index contributed by atoms with van der Waals surface area (Å²) in [7, 11) is 7.49. The number of nitrogens with two attached hydrogens (primary N) is 1. The van der Waals surface area contributed by atoms with Crippen molar-refractivity contribution in [1.82, 2.24) is 23.9 Å². The third-order valence-electron chi connectivity index (χ3n) is 6.16. The van der Waals surface area contributed by atoms with Crippen molar-refractivity contribution in [3.8, 4) is 0 Å². The van der Waals surface area contributed by atoms with Gasteiger partial charge in [0.1, 0.15) is 17.1 Å². The molecular formula is C27H40N8O3. The zero-order chi connectivity index (χ0) is 28.0. The van der Waals surface area contributed by atoms with Crippen LogP contribution in [0.25, 0.3) is 0 Å². The molecule has 0 atom stereocenters. The molecule has 0 aromatic carbocycles. The number of nitrogens with one attached hydrogen (secondary N) is 3. The number of nitrogens with zero attached hydrogens (tertiary/aromatic N) is 4. The summed E-state index contributed by atoms with van der Waals surface area (Å²) in [4.78, 5) is 40.8. The molecule has 3 aromatic heterocycles. The Morgan fingerprint density at radius 2 is 1.45 bits per heavy atom. The number of aromatic nitrogens is 3. The molecule has 0 aliphatic heterocycles. The highest BCUT2D eigenvalue weighted by Gasteiger charge is 2.19. The predicted molar refractivity (Wildman–Crippen MR) is 151 cm³/mol. The first-order valence-corrected chi connectivity index (χ1v) is 12.8. The van der Waals surface area contributed by atoms with Crippen molar-refractivity contribution >= 4 is 34.8 Å². The topological polar surface area (TPSA) is 131 Å². The Bertz CT molecular complexity index is 1280. The van der Waals surface area contributed by atoms with Crippen LogP contribution in [0.5, 0.6) is 0 Å². The van der Waals surface area contributed by atoms with Crippen LogP contribution >= 0.6 is 0 Å². The summed E-state index contributed by atoms with van der Waals surface area (Å²) < 4.78 is 5.18. The number of hydrogen-bond donors (Lipinski definition) is 4. The minimum absolute atomic E-state index is 0.196. The number of carbonyl (C=O) groups excluding carboxylic acids is 3. The minimum atomic E-state index is -0.332. The molecule has 0 spiro atoms. The highest BCUT2D eigenvalue weighted by Crippen LogP contribution is 2.21. The van der Waals surface area contributed by atoms with Crippen LogP contribution in [0.15, 0.2) is 36.8 Å². The summed E-state index contributed by atoms with van der Waals surface area (Å²) in [6, 6.07) is 4.91. The smallest absolute Gasteiger partial charge is 0.272 e. The van der Waals surface area contributed by atoms with E-state index in [1.165, 1.54) is 0 Å². The van der Waals surface area contributed by atoms with Gasteiger partial charge in [-0.2, -0.15) is 0 Å². The van der Waals surface area contributed by atoms with Gasteiger partial charge in [0.05, 0.1) is 17.1 Å². The second-order valence-electron chi connectivity index (χ2n) is 10.3. The zero-order valence-electron chi connectivity index (χ0n) is 23.2. The first kappa shape index (κ1) is 28.6. The van der Waals surface area contributed by atoms with E-state index in [4.69, 9.17) is 5.73 Å². The van der Waals surface area contributed by atoms with Gasteiger partial charge in [0, 0.05) is 45.8 Å². The molecule has 5 N–H and O–H groups in total. The number of nitrogen functional groups attached to an aromatic ring is 1. The standard InChI is InChI=1S/C27H40N8O3/c1-18(2)8-11-35-17-21(31-26(37)22-12-19(28)15-33(22)5)14-24(35)27(38)30-20-13-23(34(6)16-20)25(36)29-9-7-10-32(3)4/h12-18H,7-11,28H2,1-6H3,(H,29,36)(H,30,38)(H,31,37). The lowest BCUT2D eigenvalue weighted by Gasteiger charge is -2.10. The number of hydrogen-bond acceptors (Lipinski definition) is 5. The maximum Gasteiger partial charge on any atom is 0.272 e. The summed E-state index contributed by atoms with van der Waals surface area (Å²) in [6.45, 7) is 6.29. The fraction of sp³-hybridized carbons (Fsp3) is 0.444. The van der Waals surface area contributed by atoms with Crippen molar-refractivity contribution in [1.29, 1.82) is 0 Å². The van der Waals surface area contributed by atoms with Crippen molar-refractivity contribution in [2.75, 3.05) is 43.6 Å². The molecule has 206 valence electrons. The van der Waals surface area contributed by atoms with Crippen molar-refractivity contribution in [2.24, 2.45) is 20.0 Å². The van der Waals surface area contributed by atoms with Crippen LogP contribution in [0, 0.1) is 5.92 Å². The van der Waals surface area contributed by atoms with Gasteiger partial charge < -0.3 is 40.3 Å². The Labute approximate surface area is 224 Å². The molecule has 3 aromatic rings. The van der Waals surface area contributed by atoms with Crippen LogP contribution in [0.4, 0.5) is 17.1 Å². The average molecular weight is 525 g/mol. The Morgan fingerprint density at radius 1 is 0.868 bits per heavy atom. The van der Waals surface area contributed by atoms with Gasteiger partial charge in [-0.05, 0) is 57.6 Å². The average Bonchev–Trinajstić information content (AvgIpc) is 3.51. The fourth-order valence-corrected chi connectivity index (χ4v) is 4.10. The maximum absolute atomic E-state index is 13.3. The summed E-state index contributed by atoms with van der Waals surface area (Å²) in [6.07, 6.45) is 6.84. The summed E-state index contributed by atoms with van der Waals surface area (Å²) in [5.41, 5.74) is 8.60. The summed E-state index contributed by atoms with van der Waals surface area (Å²) >= 11 is 0. The molecule has 3 rings (SSSR count). The monoisotopic (exact) mass is 524 g/mol. The van der Waals surface area contributed by atoms with Crippen LogP contribution in [0.3, 0.4) is 0 Å². The van der Waals surface area contributed by atoms with Crippen molar-refractivity contribution in [3.63, 3.8) is 0 Å². The first-order chi connectivity index (χ1) is 17.9. The van der Waals surface area contributed by atoms with Crippen molar-refractivity contribution in [2.45, 2.75) is 33.2 Å². The van der Waals surface area contributed by atoms with Crippen molar-refractivity contribution in [3.05, 3.63) is 53.9 Å². The molecule has 0 aliphatic rings. The number of aryl methyl sites for hydroxylation is 3. The Hall–Kier alpha value is -3.99. The molecule has 0 saturated heterocycles. The first-order valence-electron chi connectivity index (χ1n) is 12.8. The van der Waals surface area contributed by atoms with Crippen LogP contribution < -0.4 is 21.7 Å². The number of carbonyl (C=O) groups is 3. The van der Waals surface area contributed by atoms with E-state index in [0.717, 1.165) is 19.4 Å². The summed E-state index contributed by atoms with van der Waals surface area (Å²) in [5.74, 6) is -0.411. The van der Waals surface area contributed by atoms with E-state index in [1.54, 1.807) is 60.0 Å². The molecule has 0 radical (unpaired) electrons. The molecular weight excluding hydrogens is 484 g/mol. The molecule has 3 heterocycles. The largest absolute Gasteiger partial charge is 0.397 e. The van der Waals surface area contributed by atoms with E-state index < -0.39 is 0 Å². The van der Waals surface area contributed by atoms with Crippen LogP contribution in [0.2, 0.25) is 0 Å². The third-order valence-corrected chi connectivity index (χ3v) is 6.16. The van der Waals surface area contributed by atoms with Gasteiger partial charge in [-0.15, -0.1) is 0 Å². The van der Waals surface area contributed by atoms with E-state index in [9.17, 15) is 14.4 Å². The second kappa shape index (κ2) is 12.5. The lowest BCUT2D eigenvalue weighted by Crippen LogP contribution is -2.28. The summed E-state index contributed by atoms with van der Waals surface area (Å²) in [5, 5.41) is 8.67. The number of amides is 3. The Kier molecular flexibility index (Phi) is 9.40. The highest BCUT2D eigenvalue weighted by molar-refractivity contribution is 6.07. The predicted octanol–water partition coefficient (Wildman–Crippen LogP) is 2.98. The van der Waals surface area contributed by atoms with E-state index in [-0.39, 0.29) is 17.7 Å². The normalized spacial score (nSPS) is 11.3. The third kappa shape index (κ3) is 7.51. The van der Waals surface area contributed by atoms with Gasteiger partial charge in [-0.3, -0.25) is 14.4 Å². The number of anilines is 3. The fourth-order valence-electron chi connectivity index (χ4n) is 4.10. The Balaban J connectivity index is 1.74.